The molecule has 0 unspecified atom stereocenters. The van der Waals surface area contributed by atoms with Gasteiger partial charge >= 0.3 is 6.61 Å². The summed E-state index contributed by atoms with van der Waals surface area (Å²) in [5, 5.41) is 15.0. The number of aliphatic imine (C=N–C) groups is 1. The molecular formula is C16H19ClF2N6O. The fourth-order valence-electron chi connectivity index (χ4n) is 2.80. The highest BCUT2D eigenvalue weighted by atomic mass is 35.5. The summed E-state index contributed by atoms with van der Waals surface area (Å²) in [6, 6.07) is 4.49. The fourth-order valence-corrected chi connectivity index (χ4v) is 3.00. The molecule has 0 fully saturated rings. The van der Waals surface area contributed by atoms with E-state index in [9.17, 15) is 8.78 Å². The van der Waals surface area contributed by atoms with Gasteiger partial charge in [-0.3, -0.25) is 4.99 Å². The Hall–Kier alpha value is -2.42. The van der Waals surface area contributed by atoms with Crippen molar-refractivity contribution < 1.29 is 13.5 Å². The number of benzene rings is 1. The predicted octanol–water partition coefficient (Wildman–Crippen LogP) is 2.34. The first kappa shape index (κ1) is 18.4. The number of alkyl halides is 2. The molecule has 2 heterocycles. The highest BCUT2D eigenvalue weighted by molar-refractivity contribution is 6.30. The first-order chi connectivity index (χ1) is 12.6. The molecule has 0 spiro atoms. The Morgan fingerprint density at radius 2 is 2.15 bits per heavy atom. The summed E-state index contributed by atoms with van der Waals surface area (Å²) in [5.74, 6) is 2.41. The van der Waals surface area contributed by atoms with Gasteiger partial charge in [-0.05, 0) is 24.6 Å². The Morgan fingerprint density at radius 1 is 1.35 bits per heavy atom. The molecule has 0 amide bonds. The average Bonchev–Trinajstić information content (AvgIpc) is 3.21. The summed E-state index contributed by atoms with van der Waals surface area (Å²) in [7, 11) is 1.62. The van der Waals surface area contributed by atoms with Gasteiger partial charge in [-0.1, -0.05) is 11.6 Å². The molecule has 7 nitrogen and oxygen atoms in total. The van der Waals surface area contributed by atoms with Crippen molar-refractivity contribution >= 4 is 17.6 Å². The molecule has 26 heavy (non-hydrogen) atoms. The molecule has 0 saturated carbocycles. The van der Waals surface area contributed by atoms with E-state index < -0.39 is 6.61 Å². The van der Waals surface area contributed by atoms with Crippen LogP contribution in [0.2, 0.25) is 5.02 Å². The molecule has 1 aromatic carbocycles. The lowest BCUT2D eigenvalue weighted by atomic mass is 10.2. The van der Waals surface area contributed by atoms with Gasteiger partial charge in [0.2, 0.25) is 0 Å². The van der Waals surface area contributed by atoms with Crippen LogP contribution in [-0.2, 0) is 26.1 Å². The molecule has 1 aromatic heterocycles. The summed E-state index contributed by atoms with van der Waals surface area (Å²) >= 11 is 5.95. The fraction of sp³-hybridized carbons (Fsp3) is 0.438. The van der Waals surface area contributed by atoms with Crippen molar-refractivity contribution in [3.8, 4) is 5.75 Å². The summed E-state index contributed by atoms with van der Waals surface area (Å²) < 4.78 is 31.7. The SMILES string of the molecule is CN=C(NCc1cc(Cl)ccc1OC(F)F)NCc1nnc2n1CCC2. The number of hydrogen-bond donors (Lipinski definition) is 2. The van der Waals surface area contributed by atoms with Gasteiger partial charge in [0.1, 0.15) is 11.6 Å². The highest BCUT2D eigenvalue weighted by Gasteiger charge is 2.17. The van der Waals surface area contributed by atoms with Crippen LogP contribution in [0.4, 0.5) is 8.78 Å². The largest absolute Gasteiger partial charge is 0.434 e. The smallest absolute Gasteiger partial charge is 0.387 e. The highest BCUT2D eigenvalue weighted by Crippen LogP contribution is 2.24. The Morgan fingerprint density at radius 3 is 2.92 bits per heavy atom. The summed E-state index contributed by atoms with van der Waals surface area (Å²) in [4.78, 5) is 4.12. The van der Waals surface area contributed by atoms with Crippen molar-refractivity contribution in [2.24, 2.45) is 4.99 Å². The molecule has 2 aromatic rings. The molecule has 0 aliphatic carbocycles. The van der Waals surface area contributed by atoms with Gasteiger partial charge in [0, 0.05) is 37.1 Å². The number of guanidine groups is 1. The minimum Gasteiger partial charge on any atom is -0.434 e. The number of rotatable bonds is 6. The molecule has 0 radical (unpaired) electrons. The van der Waals surface area contributed by atoms with Crippen LogP contribution in [0.3, 0.4) is 0 Å². The Kier molecular flexibility index (Phi) is 5.87. The summed E-state index contributed by atoms with van der Waals surface area (Å²) in [5.41, 5.74) is 0.504. The number of ether oxygens (including phenoxy) is 1. The van der Waals surface area contributed by atoms with Crippen molar-refractivity contribution in [3.63, 3.8) is 0 Å². The lowest BCUT2D eigenvalue weighted by Crippen LogP contribution is -2.37. The minimum absolute atomic E-state index is 0.0719. The second-order valence-electron chi connectivity index (χ2n) is 5.70. The van der Waals surface area contributed by atoms with Crippen molar-refractivity contribution in [1.82, 2.24) is 25.4 Å². The number of hydrogen-bond acceptors (Lipinski definition) is 4. The maximum Gasteiger partial charge on any atom is 0.387 e. The normalized spacial score (nSPS) is 13.8. The standard InChI is InChI=1S/C16H19ClF2N6O/c1-20-16(22-9-14-24-23-13-3-2-6-25(13)14)21-8-10-7-11(17)4-5-12(10)26-15(18)19/h4-5,7,15H,2-3,6,8-9H2,1H3,(H2,20,21,22). The first-order valence-electron chi connectivity index (χ1n) is 8.15. The van der Waals surface area contributed by atoms with E-state index in [2.05, 4.69) is 35.1 Å². The first-order valence-corrected chi connectivity index (χ1v) is 8.53. The lowest BCUT2D eigenvalue weighted by molar-refractivity contribution is -0.0504. The van der Waals surface area contributed by atoms with Crippen LogP contribution in [0.5, 0.6) is 5.75 Å². The second kappa shape index (κ2) is 8.31. The topological polar surface area (TPSA) is 76.4 Å². The van der Waals surface area contributed by atoms with Crippen molar-refractivity contribution in [1.29, 1.82) is 0 Å². The molecule has 1 aliphatic rings. The Bertz CT molecular complexity index is 795. The molecule has 10 heteroatoms. The van der Waals surface area contributed by atoms with E-state index in [1.165, 1.54) is 12.1 Å². The maximum atomic E-state index is 12.5. The van der Waals surface area contributed by atoms with Crippen LogP contribution >= 0.6 is 11.6 Å². The van der Waals surface area contributed by atoms with Crippen molar-refractivity contribution in [3.05, 3.63) is 40.4 Å². The monoisotopic (exact) mass is 384 g/mol. The summed E-state index contributed by atoms with van der Waals surface area (Å²) in [6.45, 7) is -1.30. The van der Waals surface area contributed by atoms with Crippen molar-refractivity contribution in [2.45, 2.75) is 39.1 Å². The third kappa shape index (κ3) is 4.40. The Labute approximate surface area is 154 Å². The third-order valence-corrected chi connectivity index (χ3v) is 4.24. The van der Waals surface area contributed by atoms with Crippen LogP contribution in [0.1, 0.15) is 23.6 Å². The molecule has 3 rings (SSSR count). The number of aryl methyl sites for hydroxylation is 1. The molecule has 0 bridgehead atoms. The number of fused-ring (bicyclic) bond motifs is 1. The van der Waals surface area contributed by atoms with E-state index in [0.29, 0.717) is 23.1 Å². The van der Waals surface area contributed by atoms with E-state index in [0.717, 1.165) is 31.0 Å². The number of aromatic nitrogens is 3. The van der Waals surface area contributed by atoms with Gasteiger partial charge in [0.05, 0.1) is 6.54 Å². The zero-order chi connectivity index (χ0) is 18.5. The zero-order valence-corrected chi connectivity index (χ0v) is 14.9. The average molecular weight is 385 g/mol. The molecule has 0 atom stereocenters. The van der Waals surface area contributed by atoms with Crippen LogP contribution < -0.4 is 15.4 Å². The Balaban J connectivity index is 1.60. The van der Waals surface area contributed by atoms with E-state index in [1.807, 2.05) is 0 Å². The molecule has 0 saturated heterocycles. The van der Waals surface area contributed by atoms with Crippen LogP contribution in [0.25, 0.3) is 0 Å². The van der Waals surface area contributed by atoms with Gasteiger partial charge in [-0.15, -0.1) is 10.2 Å². The van der Waals surface area contributed by atoms with Gasteiger partial charge < -0.3 is 19.9 Å². The van der Waals surface area contributed by atoms with E-state index in [1.54, 1.807) is 13.1 Å². The van der Waals surface area contributed by atoms with Crippen LogP contribution in [0.15, 0.2) is 23.2 Å². The van der Waals surface area contributed by atoms with Gasteiger partial charge in [-0.25, -0.2) is 0 Å². The number of halogens is 3. The van der Waals surface area contributed by atoms with E-state index in [-0.39, 0.29) is 12.3 Å². The summed E-state index contributed by atoms with van der Waals surface area (Å²) in [6.07, 6.45) is 2.02. The lowest BCUT2D eigenvalue weighted by Gasteiger charge is -2.15. The van der Waals surface area contributed by atoms with Crippen LogP contribution in [-0.4, -0.2) is 34.4 Å². The van der Waals surface area contributed by atoms with Gasteiger partial charge in [0.25, 0.3) is 0 Å². The number of nitrogens with one attached hydrogen (secondary N) is 2. The van der Waals surface area contributed by atoms with Gasteiger partial charge in [0.15, 0.2) is 11.8 Å². The van der Waals surface area contributed by atoms with E-state index >= 15 is 0 Å². The van der Waals surface area contributed by atoms with Gasteiger partial charge in [-0.2, -0.15) is 8.78 Å². The molecule has 2 N–H and O–H groups in total. The zero-order valence-electron chi connectivity index (χ0n) is 14.2. The second-order valence-corrected chi connectivity index (χ2v) is 6.13. The maximum absolute atomic E-state index is 12.5. The van der Waals surface area contributed by atoms with Crippen molar-refractivity contribution in [2.75, 3.05) is 7.05 Å². The third-order valence-electron chi connectivity index (χ3n) is 4.01. The quantitative estimate of drug-likeness (QED) is 0.590. The van der Waals surface area contributed by atoms with E-state index in [4.69, 9.17) is 11.6 Å². The number of nitrogens with zero attached hydrogens (tertiary/aromatic N) is 4. The van der Waals surface area contributed by atoms with Crippen LogP contribution in [0, 0.1) is 0 Å². The predicted molar refractivity (Wildman–Crippen MR) is 93.5 cm³/mol. The molecule has 140 valence electrons. The minimum atomic E-state index is -2.90. The molecule has 1 aliphatic heterocycles. The molecular weight excluding hydrogens is 366 g/mol.